The van der Waals surface area contributed by atoms with Gasteiger partial charge in [-0.25, -0.2) is 0 Å². The minimum atomic E-state index is -2.18. The minimum Gasteiger partial charge on any atom is -0.611 e. The molecule has 0 aliphatic carbocycles. The van der Waals surface area contributed by atoms with Gasteiger partial charge in [0.2, 0.25) is 0 Å². The summed E-state index contributed by atoms with van der Waals surface area (Å²) < 4.78 is 13.7. The molecule has 1 aliphatic heterocycles. The summed E-state index contributed by atoms with van der Waals surface area (Å²) in [5, 5.41) is 0. The van der Waals surface area contributed by atoms with E-state index in [0.29, 0.717) is 13.1 Å². The fraction of sp³-hybridized carbons (Fsp3) is 0.576. The Labute approximate surface area is 237 Å². The number of hydrogen-bond acceptors (Lipinski definition) is 4. The maximum atomic E-state index is 6.84. The van der Waals surface area contributed by atoms with Crippen LogP contribution in [0.1, 0.15) is 116 Å². The first-order valence-electron chi connectivity index (χ1n) is 14.0. The Morgan fingerprint density at radius 3 is 1.18 bits per heavy atom. The van der Waals surface area contributed by atoms with Crippen LogP contribution in [0.4, 0.5) is 0 Å². The summed E-state index contributed by atoms with van der Waals surface area (Å²) >= 11 is -2.18. The maximum absolute atomic E-state index is 6.84. The van der Waals surface area contributed by atoms with Gasteiger partial charge in [-0.2, -0.15) is 0 Å². The van der Waals surface area contributed by atoms with Crippen molar-refractivity contribution >= 4 is 27.2 Å². The second kappa shape index (κ2) is 10.8. The topological polar surface area (TPSA) is 43.2 Å². The standard InChI is InChI=1S/C32H48N2O2.CH3.Al/c1-29(2,3)23-15-21(27(35)25(17-23)31(7,8)9)19-33-13-14-34-20-22-16-24(30(4,5)6)18-26(28(22)36)32(10,11)12;;/h15-20,35-36H,13-14H2,1-12H3;1H3;/q;;+2/p-2. The van der Waals surface area contributed by atoms with Crippen LogP contribution in [0.25, 0.3) is 0 Å². The van der Waals surface area contributed by atoms with Crippen LogP contribution in [-0.2, 0) is 21.7 Å². The van der Waals surface area contributed by atoms with E-state index in [4.69, 9.17) is 17.6 Å². The van der Waals surface area contributed by atoms with Crippen molar-refractivity contribution in [3.05, 3.63) is 57.6 Å². The van der Waals surface area contributed by atoms with Crippen molar-refractivity contribution in [2.24, 2.45) is 9.98 Å². The van der Waals surface area contributed by atoms with Crippen LogP contribution in [0.3, 0.4) is 0 Å². The Morgan fingerprint density at radius 2 is 0.895 bits per heavy atom. The summed E-state index contributed by atoms with van der Waals surface area (Å²) in [6.45, 7) is 28.3. The number of benzene rings is 2. The lowest BCUT2D eigenvalue weighted by molar-refractivity contribution is 0.409. The average Bonchev–Trinajstić information content (AvgIpc) is 2.75. The van der Waals surface area contributed by atoms with E-state index in [1.807, 2.05) is 12.4 Å². The van der Waals surface area contributed by atoms with Crippen LogP contribution >= 0.6 is 0 Å². The van der Waals surface area contributed by atoms with Gasteiger partial charge in [0, 0.05) is 23.6 Å². The van der Waals surface area contributed by atoms with Crippen LogP contribution < -0.4 is 7.58 Å². The molecule has 0 saturated heterocycles. The van der Waals surface area contributed by atoms with E-state index in [2.05, 4.69) is 113 Å². The highest BCUT2D eigenvalue weighted by molar-refractivity contribution is 6.44. The smallest absolute Gasteiger partial charge is 0.611 e. The van der Waals surface area contributed by atoms with Gasteiger partial charge in [-0.1, -0.05) is 95.2 Å². The average molecular weight is 533 g/mol. The van der Waals surface area contributed by atoms with Crippen molar-refractivity contribution in [2.75, 3.05) is 13.1 Å². The SMILES string of the molecule is [CH3][Al]1[O]c2c(cc(C(C)(C)C)cc2C(C)(C)C)C=NCCN=Cc2cc(C(C)(C)C)cc(C(C)(C)C)c2[O]1. The third kappa shape index (κ3) is 7.31. The van der Waals surface area contributed by atoms with Crippen molar-refractivity contribution in [1.29, 1.82) is 0 Å². The Bertz CT molecular complexity index is 1120. The van der Waals surface area contributed by atoms with E-state index < -0.39 is 14.8 Å². The minimum absolute atomic E-state index is 0.0131. The Hall–Kier alpha value is -2.09. The van der Waals surface area contributed by atoms with E-state index in [-0.39, 0.29) is 21.7 Å². The van der Waals surface area contributed by atoms with E-state index in [1.54, 1.807) is 0 Å². The maximum Gasteiger partial charge on any atom is 0.853 e. The van der Waals surface area contributed by atoms with Gasteiger partial charge >= 0.3 is 14.8 Å². The molecule has 0 unspecified atom stereocenters. The molecule has 1 heterocycles. The van der Waals surface area contributed by atoms with Gasteiger partial charge in [0.25, 0.3) is 0 Å². The van der Waals surface area contributed by atoms with E-state index in [9.17, 15) is 0 Å². The first-order chi connectivity index (χ1) is 17.3. The first kappa shape index (κ1) is 30.5. The molecule has 206 valence electrons. The normalized spacial score (nSPS) is 15.4. The molecule has 0 radical (unpaired) electrons. The van der Waals surface area contributed by atoms with Gasteiger partial charge in [0.05, 0.1) is 24.6 Å². The van der Waals surface area contributed by atoms with Crippen molar-refractivity contribution in [2.45, 2.75) is 111 Å². The summed E-state index contributed by atoms with van der Waals surface area (Å²) in [5.74, 6) is 3.92. The van der Waals surface area contributed by atoms with Crippen molar-refractivity contribution in [1.82, 2.24) is 0 Å². The summed E-state index contributed by atoms with van der Waals surface area (Å²) in [6.07, 6.45) is 3.94. The highest BCUT2D eigenvalue weighted by Crippen LogP contribution is 2.41. The molecule has 0 fully saturated rings. The molecular formula is C33H49AlN2O2. The molecule has 3 rings (SSSR count). The highest BCUT2D eigenvalue weighted by atomic mass is 27.2. The number of fused-ring (bicyclic) bond motifs is 2. The van der Waals surface area contributed by atoms with Crippen molar-refractivity contribution in [3.8, 4) is 11.5 Å². The lowest BCUT2D eigenvalue weighted by Crippen LogP contribution is -2.31. The van der Waals surface area contributed by atoms with Crippen LogP contribution in [0.15, 0.2) is 34.3 Å². The van der Waals surface area contributed by atoms with Crippen LogP contribution in [0, 0.1) is 0 Å². The lowest BCUT2D eigenvalue weighted by Gasteiger charge is -2.32. The first-order valence-corrected chi connectivity index (χ1v) is 16.1. The zero-order chi connectivity index (χ0) is 28.7. The zero-order valence-electron chi connectivity index (χ0n) is 26.2. The molecule has 0 N–H and O–H groups in total. The number of nitrogens with zero attached hydrogens (tertiary/aromatic N) is 2. The molecule has 0 aromatic heterocycles. The number of rotatable bonds is 0. The quantitative estimate of drug-likeness (QED) is 0.320. The fourth-order valence-electron chi connectivity index (χ4n) is 4.53. The third-order valence-electron chi connectivity index (χ3n) is 6.97. The molecule has 0 bridgehead atoms. The Morgan fingerprint density at radius 1 is 0.553 bits per heavy atom. The highest BCUT2D eigenvalue weighted by Gasteiger charge is 2.34. The molecule has 0 spiro atoms. The monoisotopic (exact) mass is 532 g/mol. The molecular weight excluding hydrogens is 483 g/mol. The molecule has 5 heteroatoms. The molecule has 2 aromatic carbocycles. The van der Waals surface area contributed by atoms with Gasteiger partial charge < -0.3 is 7.58 Å². The molecule has 2 aromatic rings. The molecule has 38 heavy (non-hydrogen) atoms. The predicted octanol–water partition coefficient (Wildman–Crippen LogP) is 8.30. The van der Waals surface area contributed by atoms with Gasteiger partial charge in [0.1, 0.15) is 0 Å². The van der Waals surface area contributed by atoms with E-state index >= 15 is 0 Å². The summed E-state index contributed by atoms with van der Waals surface area (Å²) in [7, 11) is 0. The van der Waals surface area contributed by atoms with Gasteiger partial charge in [0.15, 0.2) is 0 Å². The van der Waals surface area contributed by atoms with E-state index in [0.717, 1.165) is 22.6 Å². The predicted molar refractivity (Wildman–Crippen MR) is 165 cm³/mol. The van der Waals surface area contributed by atoms with Crippen molar-refractivity contribution in [3.63, 3.8) is 0 Å². The fourth-order valence-corrected chi connectivity index (χ4v) is 5.77. The third-order valence-corrected chi connectivity index (χ3v) is 8.11. The summed E-state index contributed by atoms with van der Waals surface area (Å²) in [6, 6.07) is 9.11. The van der Waals surface area contributed by atoms with E-state index in [1.165, 1.54) is 22.3 Å². The van der Waals surface area contributed by atoms with Gasteiger partial charge in [-0.05, 0) is 61.8 Å². The Balaban J connectivity index is 2.24. The van der Waals surface area contributed by atoms with Gasteiger partial charge in [-0.3, -0.25) is 9.98 Å². The van der Waals surface area contributed by atoms with Crippen LogP contribution in [0.2, 0.25) is 5.79 Å². The zero-order valence-corrected chi connectivity index (χ0v) is 27.3. The van der Waals surface area contributed by atoms with Crippen LogP contribution in [-0.4, -0.2) is 40.3 Å². The molecule has 0 atom stereocenters. The van der Waals surface area contributed by atoms with Crippen molar-refractivity contribution < 1.29 is 7.58 Å². The summed E-state index contributed by atoms with van der Waals surface area (Å²) in [4.78, 5) is 9.55. The molecule has 1 aliphatic rings. The molecule has 0 saturated carbocycles. The second-order valence-corrected chi connectivity index (χ2v) is 16.4. The number of aliphatic imine (C=N–C) groups is 2. The lowest BCUT2D eigenvalue weighted by atomic mass is 9.79. The van der Waals surface area contributed by atoms with Crippen LogP contribution in [0.5, 0.6) is 11.5 Å². The molecule has 4 nitrogen and oxygen atoms in total. The second-order valence-electron chi connectivity index (χ2n) is 14.8. The molecule has 0 amide bonds. The number of hydrogen-bond donors (Lipinski definition) is 0. The van der Waals surface area contributed by atoms with Gasteiger partial charge in [-0.15, -0.1) is 0 Å². The summed E-state index contributed by atoms with van der Waals surface area (Å²) in [5.41, 5.74) is 6.83. The largest absolute Gasteiger partial charge is 0.853 e. The Kier molecular flexibility index (Phi) is 8.67.